The third kappa shape index (κ3) is 1.98. The van der Waals surface area contributed by atoms with Crippen molar-refractivity contribution >= 4 is 18.1 Å². The average Bonchev–Trinajstić information content (AvgIpc) is 2.08. The zero-order valence-electron chi connectivity index (χ0n) is 6.94. The molecule has 0 aliphatic heterocycles. The molecule has 1 aromatic heterocycles. The van der Waals surface area contributed by atoms with E-state index >= 15 is 0 Å². The number of amides is 2. The molecule has 68 valence electrons. The summed E-state index contributed by atoms with van der Waals surface area (Å²) < 4.78 is 0. The van der Waals surface area contributed by atoms with Gasteiger partial charge >= 0.3 is 0 Å². The number of anilines is 1. The molecule has 0 aliphatic rings. The van der Waals surface area contributed by atoms with E-state index in [2.05, 4.69) is 15.3 Å². The molecule has 0 bridgehead atoms. The van der Waals surface area contributed by atoms with Gasteiger partial charge in [0.15, 0.2) is 11.5 Å². The van der Waals surface area contributed by atoms with Crippen molar-refractivity contribution in [1.82, 2.24) is 9.97 Å². The Balaban J connectivity index is 3.17. The highest BCUT2D eigenvalue weighted by Gasteiger charge is 2.10. The minimum Gasteiger partial charge on any atom is -0.364 e. The zero-order valence-corrected chi connectivity index (χ0v) is 6.94. The Kier molecular flexibility index (Phi) is 2.53. The number of carbonyl (C=O) groups is 2. The van der Waals surface area contributed by atoms with E-state index in [0.717, 1.165) is 0 Å². The Morgan fingerprint density at radius 2 is 2.38 bits per heavy atom. The summed E-state index contributed by atoms with van der Waals surface area (Å²) in [6.45, 7) is 1.67. The Morgan fingerprint density at radius 1 is 1.69 bits per heavy atom. The molecule has 0 aliphatic carbocycles. The van der Waals surface area contributed by atoms with Crippen LogP contribution in [0.4, 0.5) is 5.82 Å². The summed E-state index contributed by atoms with van der Waals surface area (Å²) >= 11 is 0. The van der Waals surface area contributed by atoms with Crippen LogP contribution in [0.3, 0.4) is 0 Å². The summed E-state index contributed by atoms with van der Waals surface area (Å²) in [5.41, 5.74) is 5.54. The minimum absolute atomic E-state index is 0.0351. The van der Waals surface area contributed by atoms with Crippen molar-refractivity contribution in [3.05, 3.63) is 17.6 Å². The van der Waals surface area contributed by atoms with Crippen LogP contribution >= 0.6 is 0 Å². The van der Waals surface area contributed by atoms with Gasteiger partial charge in [-0.05, 0) is 6.92 Å². The smallest absolute Gasteiger partial charge is 0.271 e. The second-order valence-corrected chi connectivity index (χ2v) is 2.34. The first kappa shape index (κ1) is 9.11. The van der Waals surface area contributed by atoms with E-state index in [-0.39, 0.29) is 11.5 Å². The van der Waals surface area contributed by atoms with Crippen LogP contribution in [0.2, 0.25) is 0 Å². The van der Waals surface area contributed by atoms with Crippen molar-refractivity contribution in [3.8, 4) is 0 Å². The van der Waals surface area contributed by atoms with Gasteiger partial charge in [0.05, 0.1) is 11.9 Å². The van der Waals surface area contributed by atoms with Crippen molar-refractivity contribution in [2.24, 2.45) is 5.73 Å². The molecule has 1 aromatic rings. The van der Waals surface area contributed by atoms with Crippen LogP contribution in [0.15, 0.2) is 6.20 Å². The number of hydrogen-bond donors (Lipinski definition) is 2. The minimum atomic E-state index is -0.722. The number of nitrogens with zero attached hydrogens (tertiary/aromatic N) is 2. The predicted molar refractivity (Wildman–Crippen MR) is 45.0 cm³/mol. The van der Waals surface area contributed by atoms with E-state index in [0.29, 0.717) is 12.1 Å². The molecule has 0 atom stereocenters. The zero-order chi connectivity index (χ0) is 9.84. The lowest BCUT2D eigenvalue weighted by molar-refractivity contribution is -0.105. The van der Waals surface area contributed by atoms with Crippen LogP contribution < -0.4 is 11.1 Å². The number of aromatic nitrogens is 2. The normalized spacial score (nSPS) is 9.31. The van der Waals surface area contributed by atoms with Crippen LogP contribution in [-0.2, 0) is 4.79 Å². The van der Waals surface area contributed by atoms with Gasteiger partial charge in [0.25, 0.3) is 5.91 Å². The predicted octanol–water partition coefficient (Wildman–Crippen LogP) is -0.548. The van der Waals surface area contributed by atoms with E-state index in [4.69, 9.17) is 5.73 Å². The van der Waals surface area contributed by atoms with Gasteiger partial charge in [-0.15, -0.1) is 0 Å². The molecular formula is C7H8N4O2. The third-order valence-corrected chi connectivity index (χ3v) is 1.32. The Labute approximate surface area is 74.2 Å². The van der Waals surface area contributed by atoms with E-state index in [1.807, 2.05) is 0 Å². The summed E-state index contributed by atoms with van der Waals surface area (Å²) in [5.74, 6) is -0.645. The maximum absolute atomic E-state index is 10.8. The maximum atomic E-state index is 10.8. The first-order valence-electron chi connectivity index (χ1n) is 3.48. The summed E-state index contributed by atoms with van der Waals surface area (Å²) in [7, 11) is 0. The molecule has 0 radical (unpaired) electrons. The average molecular weight is 180 g/mol. The van der Waals surface area contributed by atoms with Gasteiger partial charge in [0.2, 0.25) is 6.41 Å². The molecule has 0 aromatic carbocycles. The first-order chi connectivity index (χ1) is 6.15. The molecular weight excluding hydrogens is 172 g/mol. The van der Waals surface area contributed by atoms with Gasteiger partial charge in [-0.2, -0.15) is 0 Å². The molecule has 0 unspecified atom stereocenters. The van der Waals surface area contributed by atoms with Crippen LogP contribution in [0.25, 0.3) is 0 Å². The molecule has 3 N–H and O–H groups in total. The molecule has 1 heterocycles. The van der Waals surface area contributed by atoms with Crippen LogP contribution in [0, 0.1) is 6.92 Å². The fourth-order valence-electron chi connectivity index (χ4n) is 0.811. The largest absolute Gasteiger partial charge is 0.364 e. The molecule has 6 heteroatoms. The van der Waals surface area contributed by atoms with Crippen molar-refractivity contribution < 1.29 is 9.59 Å². The van der Waals surface area contributed by atoms with Gasteiger partial charge in [-0.25, -0.2) is 9.97 Å². The molecule has 13 heavy (non-hydrogen) atoms. The van der Waals surface area contributed by atoms with Crippen LogP contribution in [0.1, 0.15) is 16.2 Å². The lowest BCUT2D eigenvalue weighted by atomic mass is 10.3. The molecule has 6 nitrogen and oxygen atoms in total. The molecule has 0 saturated carbocycles. The van der Waals surface area contributed by atoms with Gasteiger partial charge in [-0.3, -0.25) is 9.59 Å². The van der Waals surface area contributed by atoms with E-state index in [1.165, 1.54) is 6.20 Å². The second kappa shape index (κ2) is 3.61. The van der Waals surface area contributed by atoms with Gasteiger partial charge in [0, 0.05) is 0 Å². The van der Waals surface area contributed by atoms with Crippen molar-refractivity contribution in [3.63, 3.8) is 0 Å². The number of nitrogens with one attached hydrogen (secondary N) is 1. The number of rotatable bonds is 3. The Morgan fingerprint density at radius 3 is 2.92 bits per heavy atom. The number of hydrogen-bond acceptors (Lipinski definition) is 4. The lowest BCUT2D eigenvalue weighted by Gasteiger charge is -2.02. The molecule has 2 amide bonds. The fourth-order valence-corrected chi connectivity index (χ4v) is 0.811. The highest BCUT2D eigenvalue weighted by Crippen LogP contribution is 2.07. The van der Waals surface area contributed by atoms with Crippen LogP contribution in [0.5, 0.6) is 0 Å². The van der Waals surface area contributed by atoms with Crippen molar-refractivity contribution in [1.29, 1.82) is 0 Å². The van der Waals surface area contributed by atoms with E-state index < -0.39 is 5.91 Å². The second-order valence-electron chi connectivity index (χ2n) is 2.34. The molecule has 1 rings (SSSR count). The monoisotopic (exact) mass is 180 g/mol. The van der Waals surface area contributed by atoms with Gasteiger partial charge in [-0.1, -0.05) is 0 Å². The van der Waals surface area contributed by atoms with E-state index in [9.17, 15) is 9.59 Å². The standard InChI is InChI=1S/C7H8N4O2/c1-4-2-9-7(10-3-12)5(11-4)6(8)13/h2-3H,1H3,(H2,8,13)(H,9,10,12). The molecule has 0 saturated heterocycles. The summed E-state index contributed by atoms with van der Waals surface area (Å²) in [6.07, 6.45) is 1.84. The topological polar surface area (TPSA) is 98.0 Å². The third-order valence-electron chi connectivity index (χ3n) is 1.32. The van der Waals surface area contributed by atoms with Crippen molar-refractivity contribution in [2.45, 2.75) is 6.92 Å². The van der Waals surface area contributed by atoms with E-state index in [1.54, 1.807) is 6.92 Å². The quantitative estimate of drug-likeness (QED) is 0.610. The summed E-state index contributed by atoms with van der Waals surface area (Å²) in [5, 5.41) is 2.23. The summed E-state index contributed by atoms with van der Waals surface area (Å²) in [6, 6.07) is 0. The summed E-state index contributed by atoms with van der Waals surface area (Å²) in [4.78, 5) is 28.5. The molecule has 0 fully saturated rings. The highest BCUT2D eigenvalue weighted by molar-refractivity contribution is 5.97. The maximum Gasteiger partial charge on any atom is 0.271 e. The van der Waals surface area contributed by atoms with Gasteiger partial charge < -0.3 is 11.1 Å². The number of nitrogens with two attached hydrogens (primary N) is 1. The molecule has 0 spiro atoms. The SMILES string of the molecule is Cc1cnc(NC=O)c(C(N)=O)n1. The fraction of sp³-hybridized carbons (Fsp3) is 0.143. The highest BCUT2D eigenvalue weighted by atomic mass is 16.1. The van der Waals surface area contributed by atoms with Crippen LogP contribution in [-0.4, -0.2) is 22.3 Å². The lowest BCUT2D eigenvalue weighted by Crippen LogP contribution is -2.17. The Hall–Kier alpha value is -1.98. The Bertz CT molecular complexity index is 350. The van der Waals surface area contributed by atoms with Crippen molar-refractivity contribution in [2.75, 3.05) is 5.32 Å². The number of primary amides is 1. The first-order valence-corrected chi connectivity index (χ1v) is 3.48. The number of aryl methyl sites for hydroxylation is 1. The number of carbonyl (C=O) groups excluding carboxylic acids is 2. The van der Waals surface area contributed by atoms with Gasteiger partial charge in [0.1, 0.15) is 0 Å².